The Bertz CT molecular complexity index is 728. The topological polar surface area (TPSA) is 81.9 Å². The molecular weight excluding hydrogens is 320 g/mol. The number of para-hydroxylation sites is 1. The van der Waals surface area contributed by atoms with Gasteiger partial charge < -0.3 is 20.1 Å². The van der Waals surface area contributed by atoms with Crippen LogP contribution in [-0.2, 0) is 11.3 Å². The molecule has 2 aromatic carbocycles. The number of hydrogen-bond acceptors (Lipinski definition) is 4. The molecule has 132 valence electrons. The summed E-state index contributed by atoms with van der Waals surface area (Å²) in [6.07, 6.45) is 0. The molecule has 2 N–H and O–H groups in total. The summed E-state index contributed by atoms with van der Waals surface area (Å²) >= 11 is 0. The molecule has 0 spiro atoms. The van der Waals surface area contributed by atoms with Gasteiger partial charge in [0.2, 0.25) is 0 Å². The summed E-state index contributed by atoms with van der Waals surface area (Å²) in [4.78, 5) is 25.1. The zero-order valence-corrected chi connectivity index (χ0v) is 14.4. The number of benzene rings is 2. The van der Waals surface area contributed by atoms with Crippen molar-refractivity contribution >= 4 is 11.8 Å². The van der Waals surface area contributed by atoms with Gasteiger partial charge in [0.05, 0.1) is 12.2 Å². The van der Waals surface area contributed by atoms with Crippen LogP contribution in [0.5, 0.6) is 11.5 Å². The molecule has 0 aliphatic heterocycles. The molecule has 0 atom stereocenters. The van der Waals surface area contributed by atoms with Crippen molar-refractivity contribution in [2.45, 2.75) is 13.5 Å². The number of primary amides is 1. The van der Waals surface area contributed by atoms with Gasteiger partial charge in [-0.15, -0.1) is 0 Å². The van der Waals surface area contributed by atoms with Crippen LogP contribution in [0, 0.1) is 0 Å². The number of amides is 2. The summed E-state index contributed by atoms with van der Waals surface area (Å²) in [5.74, 6) is 0.309. The lowest BCUT2D eigenvalue weighted by Gasteiger charge is -2.18. The average molecular weight is 342 g/mol. The van der Waals surface area contributed by atoms with Crippen molar-refractivity contribution in [3.05, 3.63) is 59.7 Å². The molecule has 25 heavy (non-hydrogen) atoms. The maximum absolute atomic E-state index is 12.2. The number of nitrogens with two attached hydrogens (primary N) is 1. The smallest absolute Gasteiger partial charge is 0.260 e. The van der Waals surface area contributed by atoms with Crippen LogP contribution >= 0.6 is 0 Å². The fourth-order valence-corrected chi connectivity index (χ4v) is 2.27. The molecule has 0 fully saturated rings. The van der Waals surface area contributed by atoms with Gasteiger partial charge in [0.15, 0.2) is 6.61 Å². The molecule has 6 heteroatoms. The molecule has 0 heterocycles. The number of carbonyl (C=O) groups excluding carboxylic acids is 2. The zero-order valence-electron chi connectivity index (χ0n) is 14.4. The van der Waals surface area contributed by atoms with Crippen molar-refractivity contribution in [1.29, 1.82) is 0 Å². The molecule has 0 aliphatic carbocycles. The van der Waals surface area contributed by atoms with Crippen LogP contribution in [0.1, 0.15) is 22.8 Å². The highest BCUT2D eigenvalue weighted by molar-refractivity contribution is 5.95. The monoisotopic (exact) mass is 342 g/mol. The van der Waals surface area contributed by atoms with E-state index in [9.17, 15) is 9.59 Å². The normalized spacial score (nSPS) is 10.2. The van der Waals surface area contributed by atoms with Gasteiger partial charge in [-0.1, -0.05) is 24.3 Å². The fraction of sp³-hybridized carbons (Fsp3) is 0.263. The molecule has 0 saturated carbocycles. The van der Waals surface area contributed by atoms with Crippen molar-refractivity contribution in [3.8, 4) is 11.5 Å². The van der Waals surface area contributed by atoms with Crippen molar-refractivity contribution < 1.29 is 19.1 Å². The van der Waals surface area contributed by atoms with E-state index in [1.807, 2.05) is 31.2 Å². The number of ether oxygens (including phenoxy) is 2. The minimum Gasteiger partial charge on any atom is -0.494 e. The van der Waals surface area contributed by atoms with Gasteiger partial charge in [-0.3, -0.25) is 9.59 Å². The predicted octanol–water partition coefficient (Wildman–Crippen LogP) is 2.22. The summed E-state index contributed by atoms with van der Waals surface area (Å²) < 4.78 is 10.9. The highest BCUT2D eigenvalue weighted by atomic mass is 16.5. The van der Waals surface area contributed by atoms with Crippen LogP contribution < -0.4 is 15.2 Å². The number of likely N-dealkylation sites (N-methyl/N-ethyl adjacent to an activating group) is 1. The van der Waals surface area contributed by atoms with Gasteiger partial charge in [-0.05, 0) is 36.8 Å². The summed E-state index contributed by atoms with van der Waals surface area (Å²) in [7, 11) is 1.70. The second-order valence-corrected chi connectivity index (χ2v) is 5.48. The minimum atomic E-state index is -0.592. The molecule has 2 aromatic rings. The van der Waals surface area contributed by atoms with Gasteiger partial charge in [-0.25, -0.2) is 0 Å². The van der Waals surface area contributed by atoms with E-state index in [-0.39, 0.29) is 18.1 Å². The first kappa shape index (κ1) is 18.3. The molecule has 0 unspecified atom stereocenters. The molecule has 0 aromatic heterocycles. The van der Waals surface area contributed by atoms with E-state index in [1.54, 1.807) is 36.2 Å². The molecular formula is C19H22N2O4. The minimum absolute atomic E-state index is 0.169. The Morgan fingerprint density at radius 1 is 1.04 bits per heavy atom. The Morgan fingerprint density at radius 2 is 1.72 bits per heavy atom. The van der Waals surface area contributed by atoms with Crippen LogP contribution in [0.15, 0.2) is 48.5 Å². The second-order valence-electron chi connectivity index (χ2n) is 5.48. The van der Waals surface area contributed by atoms with E-state index in [0.717, 1.165) is 11.3 Å². The largest absolute Gasteiger partial charge is 0.494 e. The molecule has 0 bridgehead atoms. The van der Waals surface area contributed by atoms with Gasteiger partial charge in [0.1, 0.15) is 11.5 Å². The first-order valence-electron chi connectivity index (χ1n) is 7.98. The van der Waals surface area contributed by atoms with Gasteiger partial charge in [-0.2, -0.15) is 0 Å². The van der Waals surface area contributed by atoms with Crippen LogP contribution in [0.25, 0.3) is 0 Å². The quantitative estimate of drug-likeness (QED) is 0.797. The third-order valence-corrected chi connectivity index (χ3v) is 3.58. The highest BCUT2D eigenvalue weighted by Gasteiger charge is 2.13. The van der Waals surface area contributed by atoms with E-state index in [0.29, 0.717) is 18.9 Å². The maximum Gasteiger partial charge on any atom is 0.260 e. The number of carbonyl (C=O) groups is 2. The van der Waals surface area contributed by atoms with E-state index in [2.05, 4.69) is 0 Å². The molecule has 6 nitrogen and oxygen atoms in total. The number of hydrogen-bond donors (Lipinski definition) is 1. The fourth-order valence-electron chi connectivity index (χ4n) is 2.27. The lowest BCUT2D eigenvalue weighted by Crippen LogP contribution is -2.31. The van der Waals surface area contributed by atoms with Crippen LogP contribution in [0.4, 0.5) is 0 Å². The first-order chi connectivity index (χ1) is 12.0. The predicted molar refractivity (Wildman–Crippen MR) is 94.5 cm³/mol. The van der Waals surface area contributed by atoms with Gasteiger partial charge >= 0.3 is 0 Å². The van der Waals surface area contributed by atoms with Crippen molar-refractivity contribution in [2.24, 2.45) is 5.73 Å². The van der Waals surface area contributed by atoms with E-state index < -0.39 is 5.91 Å². The van der Waals surface area contributed by atoms with Crippen molar-refractivity contribution in [3.63, 3.8) is 0 Å². The third-order valence-electron chi connectivity index (χ3n) is 3.58. The van der Waals surface area contributed by atoms with Crippen molar-refractivity contribution in [1.82, 2.24) is 4.90 Å². The standard InChI is InChI=1S/C19H22N2O4/c1-3-24-15-10-8-14(9-11-15)12-21(2)18(22)13-25-17-7-5-4-6-16(17)19(20)23/h4-11H,3,12-13H2,1-2H3,(H2,20,23). The first-order valence-corrected chi connectivity index (χ1v) is 7.98. The molecule has 0 saturated heterocycles. The maximum atomic E-state index is 12.2. The summed E-state index contributed by atoms with van der Waals surface area (Å²) in [6.45, 7) is 2.82. The van der Waals surface area contributed by atoms with Gasteiger partial charge in [0, 0.05) is 13.6 Å². The Labute approximate surface area is 147 Å². The lowest BCUT2D eigenvalue weighted by molar-refractivity contribution is -0.132. The highest BCUT2D eigenvalue weighted by Crippen LogP contribution is 2.17. The molecule has 2 rings (SSSR count). The van der Waals surface area contributed by atoms with E-state index in [1.165, 1.54) is 0 Å². The molecule has 2 amide bonds. The number of rotatable bonds is 8. The van der Waals surface area contributed by atoms with Crippen LogP contribution in [-0.4, -0.2) is 37.0 Å². The SMILES string of the molecule is CCOc1ccc(CN(C)C(=O)COc2ccccc2C(N)=O)cc1. The van der Waals surface area contributed by atoms with Crippen molar-refractivity contribution in [2.75, 3.05) is 20.3 Å². The lowest BCUT2D eigenvalue weighted by atomic mass is 10.2. The Balaban J connectivity index is 1.91. The van der Waals surface area contributed by atoms with Gasteiger partial charge in [0.25, 0.3) is 11.8 Å². The summed E-state index contributed by atoms with van der Waals surface area (Å²) in [5.41, 5.74) is 6.53. The average Bonchev–Trinajstić information content (AvgIpc) is 2.61. The van der Waals surface area contributed by atoms with E-state index >= 15 is 0 Å². The Kier molecular flexibility index (Phi) is 6.39. The van der Waals surface area contributed by atoms with Crippen LogP contribution in [0.3, 0.4) is 0 Å². The number of nitrogens with zero attached hydrogens (tertiary/aromatic N) is 1. The molecule has 0 aliphatic rings. The summed E-state index contributed by atoms with van der Waals surface area (Å²) in [5, 5.41) is 0. The Hall–Kier alpha value is -3.02. The third kappa shape index (κ3) is 5.24. The zero-order chi connectivity index (χ0) is 18.2. The second kappa shape index (κ2) is 8.73. The summed E-state index contributed by atoms with van der Waals surface area (Å²) in [6, 6.07) is 14.2. The van der Waals surface area contributed by atoms with E-state index in [4.69, 9.17) is 15.2 Å². The Morgan fingerprint density at radius 3 is 2.36 bits per heavy atom. The van der Waals surface area contributed by atoms with Crippen LogP contribution in [0.2, 0.25) is 0 Å². The molecule has 0 radical (unpaired) electrons.